The van der Waals surface area contributed by atoms with Crippen LogP contribution in [0.2, 0.25) is 0 Å². The Bertz CT molecular complexity index is 645. The number of nitrogens with one attached hydrogen (secondary N) is 1. The van der Waals surface area contributed by atoms with E-state index in [0.717, 1.165) is 47.3 Å². The first-order chi connectivity index (χ1) is 10.2. The maximum atomic E-state index is 5.82. The molecule has 0 saturated heterocycles. The molecule has 0 aliphatic carbocycles. The maximum Gasteiger partial charge on any atom is 0.123 e. The number of aryl methyl sites for hydroxylation is 1. The van der Waals surface area contributed by atoms with Crippen LogP contribution in [0.15, 0.2) is 17.5 Å². The number of halogens is 1. The number of thiazole rings is 1. The molecule has 0 amide bonds. The van der Waals surface area contributed by atoms with Gasteiger partial charge in [0.15, 0.2) is 0 Å². The van der Waals surface area contributed by atoms with Gasteiger partial charge in [0.2, 0.25) is 0 Å². The number of ether oxygens (including phenoxy) is 2. The van der Waals surface area contributed by atoms with E-state index in [1.807, 2.05) is 6.92 Å². The number of rotatable bonds is 5. The molecule has 1 atom stereocenters. The average molecular weight is 341 g/mol. The number of aromatic nitrogens is 1. The van der Waals surface area contributed by atoms with Gasteiger partial charge in [-0.3, -0.25) is 0 Å². The van der Waals surface area contributed by atoms with Crippen molar-refractivity contribution in [2.24, 2.45) is 0 Å². The van der Waals surface area contributed by atoms with Crippen LogP contribution >= 0.6 is 23.7 Å². The SMILES string of the molecule is COc1cc2c(cc1CNCc1nc(C)cs1)OC(C)C2.Cl. The van der Waals surface area contributed by atoms with Gasteiger partial charge in [-0.1, -0.05) is 0 Å². The first-order valence-electron chi connectivity index (χ1n) is 7.14. The highest BCUT2D eigenvalue weighted by atomic mass is 35.5. The van der Waals surface area contributed by atoms with Crippen molar-refractivity contribution in [3.63, 3.8) is 0 Å². The number of nitrogens with zero attached hydrogens (tertiary/aromatic N) is 1. The lowest BCUT2D eigenvalue weighted by Gasteiger charge is -2.11. The van der Waals surface area contributed by atoms with E-state index in [2.05, 4.69) is 34.7 Å². The fourth-order valence-corrected chi connectivity index (χ4v) is 3.34. The summed E-state index contributed by atoms with van der Waals surface area (Å²) in [5, 5.41) is 6.60. The zero-order valence-corrected chi connectivity index (χ0v) is 14.6. The van der Waals surface area contributed by atoms with Crippen molar-refractivity contribution in [3.05, 3.63) is 39.3 Å². The van der Waals surface area contributed by atoms with E-state index in [4.69, 9.17) is 9.47 Å². The van der Waals surface area contributed by atoms with Gasteiger partial charge in [-0.2, -0.15) is 0 Å². The summed E-state index contributed by atoms with van der Waals surface area (Å²) >= 11 is 1.69. The molecule has 1 aliphatic rings. The number of hydrogen-bond acceptors (Lipinski definition) is 5. The normalized spacial score (nSPS) is 15.9. The van der Waals surface area contributed by atoms with Gasteiger partial charge in [-0.05, 0) is 26.0 Å². The van der Waals surface area contributed by atoms with Gasteiger partial charge in [-0.15, -0.1) is 23.7 Å². The Morgan fingerprint density at radius 2 is 2.23 bits per heavy atom. The van der Waals surface area contributed by atoms with Crippen molar-refractivity contribution in [2.45, 2.75) is 39.5 Å². The van der Waals surface area contributed by atoms with Crippen LogP contribution in [0.5, 0.6) is 11.5 Å². The molecule has 0 radical (unpaired) electrons. The lowest BCUT2D eigenvalue weighted by Crippen LogP contribution is -2.13. The minimum Gasteiger partial charge on any atom is -0.496 e. The Kier molecular flexibility index (Phi) is 5.67. The lowest BCUT2D eigenvalue weighted by molar-refractivity contribution is 0.254. The molecule has 0 saturated carbocycles. The molecule has 0 spiro atoms. The topological polar surface area (TPSA) is 43.4 Å². The summed E-state index contributed by atoms with van der Waals surface area (Å²) in [7, 11) is 1.72. The average Bonchev–Trinajstić information content (AvgIpc) is 3.02. The summed E-state index contributed by atoms with van der Waals surface area (Å²) in [6.07, 6.45) is 1.21. The van der Waals surface area contributed by atoms with Gasteiger partial charge in [0.1, 0.15) is 22.6 Å². The monoisotopic (exact) mass is 340 g/mol. The van der Waals surface area contributed by atoms with E-state index in [0.29, 0.717) is 0 Å². The molecular formula is C16H21ClN2O2S. The van der Waals surface area contributed by atoms with Crippen LogP contribution in [-0.2, 0) is 19.5 Å². The van der Waals surface area contributed by atoms with Crippen molar-refractivity contribution >= 4 is 23.7 Å². The Morgan fingerprint density at radius 3 is 2.91 bits per heavy atom. The Hall–Kier alpha value is -1.30. The molecule has 22 heavy (non-hydrogen) atoms. The Balaban J connectivity index is 0.00000176. The molecule has 1 aliphatic heterocycles. The minimum atomic E-state index is 0. The van der Waals surface area contributed by atoms with Crippen LogP contribution in [0.1, 0.15) is 28.8 Å². The predicted octanol–water partition coefficient (Wildman–Crippen LogP) is 3.50. The van der Waals surface area contributed by atoms with Gasteiger partial charge < -0.3 is 14.8 Å². The summed E-state index contributed by atoms with van der Waals surface area (Å²) in [5.41, 5.74) is 3.44. The van der Waals surface area contributed by atoms with Crippen molar-refractivity contribution in [1.29, 1.82) is 0 Å². The molecule has 1 N–H and O–H groups in total. The first kappa shape index (κ1) is 17.1. The zero-order chi connectivity index (χ0) is 14.8. The van der Waals surface area contributed by atoms with Gasteiger partial charge in [0.05, 0.1) is 7.11 Å². The molecule has 6 heteroatoms. The van der Waals surface area contributed by atoms with Crippen LogP contribution in [0.4, 0.5) is 0 Å². The molecular weight excluding hydrogens is 320 g/mol. The Labute approximate surface area is 141 Å². The largest absolute Gasteiger partial charge is 0.496 e. The molecule has 3 rings (SSSR count). The van der Waals surface area contributed by atoms with Crippen LogP contribution in [-0.4, -0.2) is 18.2 Å². The van der Waals surface area contributed by atoms with Gasteiger partial charge in [0, 0.05) is 41.7 Å². The van der Waals surface area contributed by atoms with Crippen molar-refractivity contribution in [2.75, 3.05) is 7.11 Å². The lowest BCUT2D eigenvalue weighted by atomic mass is 10.1. The summed E-state index contributed by atoms with van der Waals surface area (Å²) in [6.45, 7) is 5.63. The Morgan fingerprint density at radius 1 is 1.41 bits per heavy atom. The van der Waals surface area contributed by atoms with Crippen molar-refractivity contribution < 1.29 is 9.47 Å². The van der Waals surface area contributed by atoms with Gasteiger partial charge in [-0.25, -0.2) is 4.98 Å². The van der Waals surface area contributed by atoms with E-state index < -0.39 is 0 Å². The molecule has 120 valence electrons. The van der Waals surface area contributed by atoms with Crippen LogP contribution in [0.3, 0.4) is 0 Å². The number of benzene rings is 1. The summed E-state index contributed by atoms with van der Waals surface area (Å²) < 4.78 is 11.3. The van der Waals surface area contributed by atoms with Crippen LogP contribution in [0.25, 0.3) is 0 Å². The van der Waals surface area contributed by atoms with E-state index in [-0.39, 0.29) is 18.5 Å². The number of methoxy groups -OCH3 is 1. The minimum absolute atomic E-state index is 0. The summed E-state index contributed by atoms with van der Waals surface area (Å²) in [5.74, 6) is 1.92. The standard InChI is InChI=1S/C16H20N2O2S.ClH/c1-10-9-21-16(18-10)8-17-7-13-6-15-12(4-11(2)20-15)5-14(13)19-3;/h5-6,9,11,17H,4,7-8H2,1-3H3;1H. The van der Waals surface area contributed by atoms with E-state index in [1.54, 1.807) is 18.4 Å². The van der Waals surface area contributed by atoms with Crippen LogP contribution < -0.4 is 14.8 Å². The summed E-state index contributed by atoms with van der Waals surface area (Å²) in [4.78, 5) is 4.45. The maximum absolute atomic E-state index is 5.82. The quantitative estimate of drug-likeness (QED) is 0.904. The van der Waals surface area contributed by atoms with E-state index in [1.165, 1.54) is 5.56 Å². The highest BCUT2D eigenvalue weighted by Crippen LogP contribution is 2.34. The molecule has 4 nitrogen and oxygen atoms in total. The van der Waals surface area contributed by atoms with E-state index in [9.17, 15) is 0 Å². The van der Waals surface area contributed by atoms with Crippen molar-refractivity contribution in [3.8, 4) is 11.5 Å². The molecule has 0 bridgehead atoms. The zero-order valence-electron chi connectivity index (χ0n) is 13.0. The highest BCUT2D eigenvalue weighted by Gasteiger charge is 2.21. The first-order valence-corrected chi connectivity index (χ1v) is 8.02. The fraction of sp³-hybridized carbons (Fsp3) is 0.438. The third kappa shape index (κ3) is 3.72. The summed E-state index contributed by atoms with van der Waals surface area (Å²) in [6, 6.07) is 4.20. The van der Waals surface area contributed by atoms with Gasteiger partial charge in [0.25, 0.3) is 0 Å². The highest BCUT2D eigenvalue weighted by molar-refractivity contribution is 7.09. The van der Waals surface area contributed by atoms with Crippen LogP contribution in [0, 0.1) is 6.92 Å². The smallest absolute Gasteiger partial charge is 0.123 e. The third-order valence-electron chi connectivity index (χ3n) is 3.56. The van der Waals surface area contributed by atoms with E-state index >= 15 is 0 Å². The second kappa shape index (κ2) is 7.31. The molecule has 1 aromatic carbocycles. The van der Waals surface area contributed by atoms with Gasteiger partial charge >= 0.3 is 0 Å². The fourth-order valence-electron chi connectivity index (χ4n) is 2.60. The van der Waals surface area contributed by atoms with Crippen molar-refractivity contribution in [1.82, 2.24) is 10.3 Å². The third-order valence-corrected chi connectivity index (χ3v) is 4.52. The number of fused-ring (bicyclic) bond motifs is 1. The molecule has 0 fully saturated rings. The number of hydrogen-bond donors (Lipinski definition) is 1. The predicted molar refractivity (Wildman–Crippen MR) is 91.4 cm³/mol. The second-order valence-corrected chi connectivity index (χ2v) is 6.33. The molecule has 1 unspecified atom stereocenters. The molecule has 2 aromatic rings. The molecule has 2 heterocycles. The second-order valence-electron chi connectivity index (χ2n) is 5.39. The molecule has 1 aromatic heterocycles.